The number of carbonyl (C=O) groups excluding carboxylic acids is 2. The van der Waals surface area contributed by atoms with Gasteiger partial charge in [-0.3, -0.25) is 9.59 Å². The van der Waals surface area contributed by atoms with Gasteiger partial charge in [0.1, 0.15) is 35.8 Å². The second-order valence-electron chi connectivity index (χ2n) is 24.0. The number of ether oxygens (including phenoxy) is 2. The smallest absolute Gasteiger partial charge is 0.248 e. The predicted molar refractivity (Wildman–Crippen MR) is 299 cm³/mol. The van der Waals surface area contributed by atoms with Crippen LogP contribution in [-0.2, 0) is 27.8 Å². The van der Waals surface area contributed by atoms with Crippen molar-refractivity contribution in [1.82, 2.24) is 65.2 Å². The number of amides is 2. The van der Waals surface area contributed by atoms with Crippen molar-refractivity contribution in [3.05, 3.63) is 112 Å². The van der Waals surface area contributed by atoms with Gasteiger partial charge >= 0.3 is 0 Å². The van der Waals surface area contributed by atoms with Gasteiger partial charge in [0.2, 0.25) is 23.6 Å². The zero-order chi connectivity index (χ0) is 56.2. The van der Waals surface area contributed by atoms with Gasteiger partial charge in [0.05, 0.1) is 59.6 Å². The summed E-state index contributed by atoms with van der Waals surface area (Å²) in [6.45, 7) is 12.9. The van der Waals surface area contributed by atoms with Gasteiger partial charge in [-0.15, -0.1) is 16.4 Å². The van der Waals surface area contributed by atoms with Crippen LogP contribution in [0, 0.1) is 29.1 Å². The number of thiophene rings is 1. The summed E-state index contributed by atoms with van der Waals surface area (Å²) < 4.78 is 20.8. The van der Waals surface area contributed by atoms with E-state index in [1.165, 1.54) is 28.9 Å². The quantitative estimate of drug-likeness (QED) is 0.0876. The molecular formula is C59H67N15O6S. The average molecular weight is 1110 g/mol. The Bertz CT molecular complexity index is 3500. The highest BCUT2D eigenvalue weighted by molar-refractivity contribution is 7.16. The van der Waals surface area contributed by atoms with E-state index in [1.54, 1.807) is 29.3 Å². The molecular weight excluding hydrogens is 1050 g/mol. The van der Waals surface area contributed by atoms with E-state index in [-0.39, 0.29) is 48.0 Å². The highest BCUT2D eigenvalue weighted by Crippen LogP contribution is 2.55. The van der Waals surface area contributed by atoms with Crippen LogP contribution in [0.3, 0.4) is 0 Å². The SMILES string of the molecule is Cc1cncnc1-c1ccc([C@H](C)NC(=O)[C@@H]2C[C@@H](O)CN2C(=O)[C@@H](n2cc(C3CCN(CC4(COc5cc(Oc6cncnc6)nc(-c6noc7c6CCC[C@@]76CCCc7sc(N)c(C#N)c76)n5)CC4)CC3)nn2)C(C)(C)C)cc1. The molecule has 6 aromatic heterocycles. The number of nitrogens with two attached hydrogens (primary N) is 1. The van der Waals surface area contributed by atoms with Gasteiger partial charge in [0.15, 0.2) is 23.0 Å². The lowest BCUT2D eigenvalue weighted by atomic mass is 9.63. The number of benzene rings is 1. The Balaban J connectivity index is 0.694. The Hall–Kier alpha value is -7.74. The molecule has 4 N–H and O–H groups in total. The number of aryl methyl sites for hydroxylation is 2. The van der Waals surface area contributed by atoms with Crippen LogP contribution in [0.2, 0.25) is 0 Å². The van der Waals surface area contributed by atoms with Crippen LogP contribution in [0.4, 0.5) is 5.00 Å². The number of piperidine rings is 1. The van der Waals surface area contributed by atoms with Gasteiger partial charge in [-0.05, 0) is 113 Å². The third kappa shape index (κ3) is 10.6. The predicted octanol–water partition coefficient (Wildman–Crippen LogP) is 8.01. The molecule has 8 heterocycles. The number of likely N-dealkylation sites (tertiary alicyclic amines) is 2. The number of aliphatic hydroxyl groups is 1. The molecule has 21 nitrogen and oxygen atoms in total. The minimum atomic E-state index is -0.854. The lowest BCUT2D eigenvalue weighted by molar-refractivity contribution is -0.144. The largest absolute Gasteiger partial charge is 0.477 e. The molecule has 420 valence electrons. The summed E-state index contributed by atoms with van der Waals surface area (Å²) in [5.41, 5.74) is 12.8. The van der Waals surface area contributed by atoms with Crippen molar-refractivity contribution in [2.24, 2.45) is 10.8 Å². The van der Waals surface area contributed by atoms with Gasteiger partial charge in [-0.2, -0.15) is 15.2 Å². The first-order chi connectivity index (χ1) is 39.1. The van der Waals surface area contributed by atoms with E-state index in [0.717, 1.165) is 134 Å². The van der Waals surface area contributed by atoms with Crippen LogP contribution in [0.25, 0.3) is 22.8 Å². The molecule has 0 radical (unpaired) electrons. The number of aliphatic hydroxyl groups excluding tert-OH is 1. The number of hydrogen-bond acceptors (Lipinski definition) is 19. The highest BCUT2D eigenvalue weighted by atomic mass is 32.1. The minimum Gasteiger partial charge on any atom is -0.477 e. The van der Waals surface area contributed by atoms with Crippen molar-refractivity contribution in [3.63, 3.8) is 0 Å². The highest BCUT2D eigenvalue weighted by Gasteiger charge is 2.50. The molecule has 5 atom stereocenters. The van der Waals surface area contributed by atoms with E-state index < -0.39 is 29.0 Å². The first kappa shape index (κ1) is 53.9. The van der Waals surface area contributed by atoms with Crippen LogP contribution in [-0.4, -0.2) is 122 Å². The third-order valence-corrected chi connectivity index (χ3v) is 18.3. The molecule has 7 aromatic rings. The number of anilines is 1. The monoisotopic (exact) mass is 1110 g/mol. The van der Waals surface area contributed by atoms with Crippen molar-refractivity contribution < 1.29 is 28.7 Å². The topological polar surface area (TPSA) is 275 Å². The van der Waals surface area contributed by atoms with Gasteiger partial charge in [0, 0.05) is 59.2 Å². The second kappa shape index (κ2) is 21.6. The van der Waals surface area contributed by atoms with Crippen LogP contribution < -0.4 is 20.5 Å². The Morgan fingerprint density at radius 3 is 2.47 bits per heavy atom. The van der Waals surface area contributed by atoms with Crippen LogP contribution in [0.1, 0.15) is 148 Å². The molecule has 0 bridgehead atoms. The fourth-order valence-electron chi connectivity index (χ4n) is 12.9. The fraction of sp³-hybridized carbons (Fsp3) is 0.492. The first-order valence-corrected chi connectivity index (χ1v) is 29.0. The molecule has 1 saturated carbocycles. The van der Waals surface area contributed by atoms with E-state index >= 15 is 0 Å². The van der Waals surface area contributed by atoms with E-state index in [2.05, 4.69) is 51.7 Å². The molecule has 0 unspecified atom stereocenters. The summed E-state index contributed by atoms with van der Waals surface area (Å²) in [5, 5.41) is 38.7. The normalized spacial score (nSPS) is 21.4. The maximum Gasteiger partial charge on any atom is 0.248 e. The number of nitrogen functional groups attached to an aromatic ring is 1. The molecule has 5 aliphatic rings. The Kier molecular flexibility index (Phi) is 14.4. The van der Waals surface area contributed by atoms with E-state index in [0.29, 0.717) is 40.3 Å². The fourth-order valence-corrected chi connectivity index (χ4v) is 14.1. The number of hydrogen-bond donors (Lipinski definition) is 3. The summed E-state index contributed by atoms with van der Waals surface area (Å²) in [5.74, 6) is 1.65. The zero-order valence-electron chi connectivity index (χ0n) is 46.3. The molecule has 12 rings (SSSR count). The molecule has 22 heteroatoms. The number of aromatic nitrogens is 10. The average Bonchev–Trinajstić information content (AvgIpc) is 3.91. The van der Waals surface area contributed by atoms with Crippen LogP contribution >= 0.6 is 11.3 Å². The number of nitriles is 1. The van der Waals surface area contributed by atoms with Gasteiger partial charge < -0.3 is 40.0 Å². The molecule has 3 fully saturated rings. The number of β-amino-alcohol motifs (C(OH)–C–C–N with tert-alkyl or cyclic N) is 1. The molecule has 2 amide bonds. The second-order valence-corrected chi connectivity index (χ2v) is 25.1. The minimum absolute atomic E-state index is 0.0439. The van der Waals surface area contributed by atoms with Crippen molar-refractivity contribution in [2.75, 3.05) is 38.5 Å². The van der Waals surface area contributed by atoms with Gasteiger partial charge in [-0.1, -0.05) is 55.4 Å². The zero-order valence-corrected chi connectivity index (χ0v) is 47.2. The van der Waals surface area contributed by atoms with Crippen molar-refractivity contribution in [1.29, 1.82) is 5.26 Å². The number of carbonyl (C=O) groups is 2. The van der Waals surface area contributed by atoms with Gasteiger partial charge in [0.25, 0.3) is 0 Å². The third-order valence-electron chi connectivity index (χ3n) is 17.2. The molecule has 81 heavy (non-hydrogen) atoms. The standard InChI is InChI=1S/C59H67N15O6S/c1-34-25-62-33-65-49(34)38-12-10-36(11-13-38)35(2)66-55(76)44-22-39(75)28-73(44)56(77)51(57(3,4)5)74-29-43(69-71-74)37-14-20-72(21-15-37)30-58(18-19-58)31-78-46-23-47(79-40-26-63-32-64-27-40)68-54(67-46)50-41-8-6-16-59(52(41)80-70-50)17-7-9-45-48(59)42(24-60)53(61)81-45/h10-13,23,25-27,29,32-33,35,37,39,44,51,75H,6-9,14-22,28,30-31,61H2,1-5H3,(H,66,76)/t35-,39+,44-,51+,59-/m0/s1. The lowest BCUT2D eigenvalue weighted by Gasteiger charge is -2.39. The van der Waals surface area contributed by atoms with E-state index in [1.807, 2.05) is 65.1 Å². The van der Waals surface area contributed by atoms with Crippen molar-refractivity contribution in [2.45, 2.75) is 141 Å². The number of rotatable bonds is 15. The van der Waals surface area contributed by atoms with Crippen LogP contribution in [0.5, 0.6) is 17.5 Å². The van der Waals surface area contributed by atoms with Crippen LogP contribution in [0.15, 0.2) is 72.3 Å². The molecule has 3 aliphatic carbocycles. The summed E-state index contributed by atoms with van der Waals surface area (Å²) >= 11 is 1.51. The van der Waals surface area contributed by atoms with Crippen molar-refractivity contribution in [3.8, 4) is 46.4 Å². The Morgan fingerprint density at radius 2 is 1.74 bits per heavy atom. The van der Waals surface area contributed by atoms with Gasteiger partial charge in [-0.25, -0.2) is 24.6 Å². The molecule has 1 aromatic carbocycles. The number of fused-ring (bicyclic) bond motifs is 4. The summed E-state index contributed by atoms with van der Waals surface area (Å²) in [6, 6.07) is 10.00. The Morgan fingerprint density at radius 1 is 1.00 bits per heavy atom. The van der Waals surface area contributed by atoms with E-state index in [9.17, 15) is 20.0 Å². The summed E-state index contributed by atoms with van der Waals surface area (Å²) in [6.07, 6.45) is 17.9. The number of nitrogens with one attached hydrogen (secondary N) is 1. The maximum absolute atomic E-state index is 14.7. The maximum atomic E-state index is 14.7. The molecule has 1 spiro atoms. The van der Waals surface area contributed by atoms with E-state index in [4.69, 9.17) is 29.7 Å². The summed E-state index contributed by atoms with van der Waals surface area (Å²) in [4.78, 5) is 60.5. The molecule has 2 aliphatic heterocycles. The number of nitrogens with zero attached hydrogens (tertiary/aromatic N) is 13. The Labute approximate surface area is 473 Å². The molecule has 2 saturated heterocycles. The van der Waals surface area contributed by atoms with Crippen molar-refractivity contribution >= 4 is 28.2 Å². The summed E-state index contributed by atoms with van der Waals surface area (Å²) in [7, 11) is 0. The first-order valence-electron chi connectivity index (χ1n) is 28.1. The lowest BCUT2D eigenvalue weighted by Crippen LogP contribution is -2.50.